The molecule has 0 aliphatic carbocycles. The van der Waals surface area contributed by atoms with E-state index in [9.17, 15) is 13.6 Å². The lowest BCUT2D eigenvalue weighted by Gasteiger charge is -2.27. The summed E-state index contributed by atoms with van der Waals surface area (Å²) in [5.74, 6) is -2.84. The zero-order valence-electron chi connectivity index (χ0n) is 10.5. The van der Waals surface area contributed by atoms with Gasteiger partial charge in [0.2, 0.25) is 0 Å². The molecule has 0 bridgehead atoms. The Morgan fingerprint density at radius 3 is 2.59 bits per heavy atom. The van der Waals surface area contributed by atoms with Gasteiger partial charge in [-0.3, -0.25) is 4.90 Å². The lowest BCUT2D eigenvalue weighted by molar-refractivity contribution is -0.00244. The van der Waals surface area contributed by atoms with E-state index in [1.807, 2.05) is 0 Å². The Bertz CT molecular complexity index is 290. The number of nitrogens with two attached hydrogens (primary N) is 1. The number of hydrogen-bond donors (Lipinski definition) is 1. The van der Waals surface area contributed by atoms with Crippen molar-refractivity contribution in [3.8, 4) is 0 Å². The standard InChI is InChI=1S/C11H20F2N2O2/c1-10(2,3)17-9(16)15-7-11(12,13)6-8(15)4-5-14/h8H,4-7,14H2,1-3H3/t8-/m0/s1. The van der Waals surface area contributed by atoms with Crippen molar-refractivity contribution in [2.75, 3.05) is 13.1 Å². The smallest absolute Gasteiger partial charge is 0.410 e. The molecule has 1 rings (SSSR count). The second-order valence-corrected chi connectivity index (χ2v) is 5.40. The van der Waals surface area contributed by atoms with E-state index < -0.39 is 30.2 Å². The van der Waals surface area contributed by atoms with Gasteiger partial charge in [-0.1, -0.05) is 0 Å². The van der Waals surface area contributed by atoms with Gasteiger partial charge in [0.15, 0.2) is 0 Å². The van der Waals surface area contributed by atoms with Crippen molar-refractivity contribution in [2.45, 2.75) is 51.2 Å². The van der Waals surface area contributed by atoms with Crippen LogP contribution in [0.25, 0.3) is 0 Å². The molecule has 0 aromatic rings. The maximum atomic E-state index is 13.3. The minimum absolute atomic E-state index is 0.278. The Balaban J connectivity index is 2.70. The predicted octanol–water partition coefficient (Wildman–Crippen LogP) is 1.98. The first-order chi connectivity index (χ1) is 7.64. The van der Waals surface area contributed by atoms with Gasteiger partial charge in [0.25, 0.3) is 5.92 Å². The number of amides is 1. The highest BCUT2D eigenvalue weighted by molar-refractivity contribution is 5.69. The molecular formula is C11H20F2N2O2. The molecule has 1 fully saturated rings. The van der Waals surface area contributed by atoms with Crippen molar-refractivity contribution in [2.24, 2.45) is 5.73 Å². The highest BCUT2D eigenvalue weighted by Crippen LogP contribution is 2.34. The zero-order chi connectivity index (χ0) is 13.3. The minimum Gasteiger partial charge on any atom is -0.444 e. The first-order valence-electron chi connectivity index (χ1n) is 5.72. The largest absolute Gasteiger partial charge is 0.444 e. The maximum absolute atomic E-state index is 13.3. The number of carbonyl (C=O) groups is 1. The summed E-state index contributed by atoms with van der Waals surface area (Å²) in [7, 11) is 0. The molecule has 17 heavy (non-hydrogen) atoms. The first-order valence-corrected chi connectivity index (χ1v) is 5.72. The Morgan fingerprint density at radius 2 is 2.12 bits per heavy atom. The highest BCUT2D eigenvalue weighted by Gasteiger charge is 2.47. The van der Waals surface area contributed by atoms with Crippen LogP contribution in [0, 0.1) is 0 Å². The SMILES string of the molecule is CC(C)(C)OC(=O)N1CC(F)(F)C[C@@H]1CCN. The van der Waals surface area contributed by atoms with Crippen LogP contribution in [0.4, 0.5) is 13.6 Å². The molecule has 0 spiro atoms. The van der Waals surface area contributed by atoms with Crippen LogP contribution in [0.3, 0.4) is 0 Å². The molecule has 0 radical (unpaired) electrons. The Kier molecular flexibility index (Phi) is 3.96. The Morgan fingerprint density at radius 1 is 1.53 bits per heavy atom. The lowest BCUT2D eigenvalue weighted by atomic mass is 10.1. The summed E-state index contributed by atoms with van der Waals surface area (Å²) in [6.07, 6.45) is -0.647. The lowest BCUT2D eigenvalue weighted by Crippen LogP contribution is -2.41. The molecular weight excluding hydrogens is 230 g/mol. The van der Waals surface area contributed by atoms with Gasteiger partial charge in [-0.2, -0.15) is 0 Å². The van der Waals surface area contributed by atoms with Gasteiger partial charge >= 0.3 is 6.09 Å². The van der Waals surface area contributed by atoms with Crippen LogP contribution >= 0.6 is 0 Å². The normalized spacial score (nSPS) is 23.9. The second-order valence-electron chi connectivity index (χ2n) is 5.40. The summed E-state index contributed by atoms with van der Waals surface area (Å²) in [5, 5.41) is 0. The van der Waals surface area contributed by atoms with Gasteiger partial charge in [-0.25, -0.2) is 13.6 Å². The number of likely N-dealkylation sites (tertiary alicyclic amines) is 1. The van der Waals surface area contributed by atoms with Crippen molar-refractivity contribution >= 4 is 6.09 Å². The van der Waals surface area contributed by atoms with Gasteiger partial charge in [0, 0.05) is 12.5 Å². The summed E-state index contributed by atoms with van der Waals surface area (Å²) >= 11 is 0. The van der Waals surface area contributed by atoms with Crippen molar-refractivity contribution in [1.29, 1.82) is 0 Å². The molecule has 0 aromatic carbocycles. The third kappa shape index (κ3) is 4.11. The number of ether oxygens (including phenoxy) is 1. The molecule has 0 unspecified atom stereocenters. The first kappa shape index (κ1) is 14.2. The van der Waals surface area contributed by atoms with Gasteiger partial charge in [-0.05, 0) is 33.7 Å². The van der Waals surface area contributed by atoms with E-state index in [2.05, 4.69) is 0 Å². The molecule has 1 saturated heterocycles. The van der Waals surface area contributed by atoms with Crippen LogP contribution in [0.5, 0.6) is 0 Å². The van der Waals surface area contributed by atoms with Gasteiger partial charge in [-0.15, -0.1) is 0 Å². The number of halogens is 2. The van der Waals surface area contributed by atoms with Gasteiger partial charge < -0.3 is 10.5 Å². The van der Waals surface area contributed by atoms with Gasteiger partial charge in [0.1, 0.15) is 5.60 Å². The fraction of sp³-hybridized carbons (Fsp3) is 0.909. The van der Waals surface area contributed by atoms with Crippen molar-refractivity contribution < 1.29 is 18.3 Å². The second kappa shape index (κ2) is 4.76. The molecule has 1 amide bonds. The van der Waals surface area contributed by atoms with E-state index in [4.69, 9.17) is 10.5 Å². The van der Waals surface area contributed by atoms with Crippen molar-refractivity contribution in [1.82, 2.24) is 4.90 Å². The molecule has 1 aliphatic heterocycles. The number of nitrogens with zero attached hydrogens (tertiary/aromatic N) is 1. The summed E-state index contributed by atoms with van der Waals surface area (Å²) in [4.78, 5) is 12.9. The van der Waals surface area contributed by atoms with Crippen LogP contribution < -0.4 is 5.73 Å². The minimum atomic E-state index is -2.84. The summed E-state index contributed by atoms with van der Waals surface area (Å²) < 4.78 is 31.6. The molecule has 4 nitrogen and oxygen atoms in total. The molecule has 1 aliphatic rings. The third-order valence-corrected chi connectivity index (χ3v) is 2.50. The molecule has 6 heteroatoms. The van der Waals surface area contributed by atoms with Crippen LogP contribution in [0.2, 0.25) is 0 Å². The fourth-order valence-electron chi connectivity index (χ4n) is 1.88. The van der Waals surface area contributed by atoms with E-state index in [0.29, 0.717) is 6.42 Å². The van der Waals surface area contributed by atoms with Crippen LogP contribution in [-0.2, 0) is 4.74 Å². The molecule has 0 saturated carbocycles. The molecule has 100 valence electrons. The van der Waals surface area contributed by atoms with E-state index in [-0.39, 0.29) is 13.0 Å². The van der Waals surface area contributed by atoms with Crippen LogP contribution in [-0.4, -0.2) is 41.6 Å². The third-order valence-electron chi connectivity index (χ3n) is 2.50. The van der Waals surface area contributed by atoms with Crippen LogP contribution in [0.1, 0.15) is 33.6 Å². The molecule has 1 atom stereocenters. The van der Waals surface area contributed by atoms with Crippen LogP contribution in [0.15, 0.2) is 0 Å². The predicted molar refractivity (Wildman–Crippen MR) is 60.0 cm³/mol. The summed E-state index contributed by atoms with van der Waals surface area (Å²) in [5.41, 5.74) is 4.68. The number of alkyl halides is 2. The average Bonchev–Trinajstić information content (AvgIpc) is 2.39. The summed E-state index contributed by atoms with van der Waals surface area (Å²) in [6, 6.07) is -0.523. The van der Waals surface area contributed by atoms with E-state index in [0.717, 1.165) is 4.90 Å². The average molecular weight is 250 g/mol. The topological polar surface area (TPSA) is 55.6 Å². The number of hydrogen-bond acceptors (Lipinski definition) is 3. The Labute approximate surface area is 100 Å². The summed E-state index contributed by atoms with van der Waals surface area (Å²) in [6.45, 7) is 4.82. The fourth-order valence-corrected chi connectivity index (χ4v) is 1.88. The molecule has 2 N–H and O–H groups in total. The molecule has 0 aromatic heterocycles. The monoisotopic (exact) mass is 250 g/mol. The number of carbonyl (C=O) groups excluding carboxylic acids is 1. The van der Waals surface area contributed by atoms with E-state index in [1.54, 1.807) is 20.8 Å². The van der Waals surface area contributed by atoms with Crippen molar-refractivity contribution in [3.05, 3.63) is 0 Å². The zero-order valence-corrected chi connectivity index (χ0v) is 10.5. The maximum Gasteiger partial charge on any atom is 0.410 e. The Hall–Kier alpha value is -0.910. The van der Waals surface area contributed by atoms with E-state index >= 15 is 0 Å². The van der Waals surface area contributed by atoms with Gasteiger partial charge in [0.05, 0.1) is 6.54 Å². The molecule has 1 heterocycles. The quantitative estimate of drug-likeness (QED) is 0.815. The highest BCUT2D eigenvalue weighted by atomic mass is 19.3. The van der Waals surface area contributed by atoms with E-state index in [1.165, 1.54) is 0 Å². The number of rotatable bonds is 2. The van der Waals surface area contributed by atoms with Crippen molar-refractivity contribution in [3.63, 3.8) is 0 Å².